The molecule has 1 aliphatic carbocycles. The Morgan fingerprint density at radius 2 is 2.14 bits per heavy atom. The Morgan fingerprint density at radius 1 is 1.33 bits per heavy atom. The Bertz CT molecular complexity index is 548. The first-order chi connectivity index (χ1) is 10.0. The van der Waals surface area contributed by atoms with Gasteiger partial charge in [0.2, 0.25) is 0 Å². The van der Waals surface area contributed by atoms with Crippen molar-refractivity contribution in [3.63, 3.8) is 0 Å². The van der Waals surface area contributed by atoms with E-state index in [1.165, 1.54) is 0 Å². The van der Waals surface area contributed by atoms with Crippen molar-refractivity contribution in [1.29, 1.82) is 0 Å². The standard InChI is InChI=1S/C15H20Cl2N4/c1-9(2)14-8-21(4-3-18-14)15-7-19-12-5-10(16)11(17)6-13(12)20-15/h5-7,9,13-14,18,20H,3-4,8H2,1-2H3. The van der Waals surface area contributed by atoms with E-state index in [9.17, 15) is 0 Å². The highest BCUT2D eigenvalue weighted by Gasteiger charge is 2.28. The minimum absolute atomic E-state index is 0.00684. The zero-order valence-corrected chi connectivity index (χ0v) is 13.7. The van der Waals surface area contributed by atoms with Crippen molar-refractivity contribution in [3.8, 4) is 0 Å². The van der Waals surface area contributed by atoms with Crippen LogP contribution in [0.25, 0.3) is 0 Å². The molecule has 0 aromatic heterocycles. The van der Waals surface area contributed by atoms with Gasteiger partial charge in [-0.1, -0.05) is 37.0 Å². The van der Waals surface area contributed by atoms with Crippen LogP contribution in [0.1, 0.15) is 13.8 Å². The first-order valence-electron chi connectivity index (χ1n) is 7.32. The molecule has 0 aromatic rings. The highest BCUT2D eigenvalue weighted by Crippen LogP contribution is 2.26. The van der Waals surface area contributed by atoms with Crippen LogP contribution in [0.15, 0.2) is 39.2 Å². The summed E-state index contributed by atoms with van der Waals surface area (Å²) >= 11 is 12.1. The second-order valence-electron chi connectivity index (χ2n) is 5.95. The number of halogens is 2. The van der Waals surface area contributed by atoms with Crippen LogP contribution in [-0.2, 0) is 0 Å². The summed E-state index contributed by atoms with van der Waals surface area (Å²) in [4.78, 5) is 6.88. The largest absolute Gasteiger partial charge is 0.359 e. The first-order valence-corrected chi connectivity index (χ1v) is 8.08. The molecule has 6 heteroatoms. The molecule has 0 saturated carbocycles. The summed E-state index contributed by atoms with van der Waals surface area (Å²) in [6, 6.07) is 0.513. The topological polar surface area (TPSA) is 39.7 Å². The summed E-state index contributed by atoms with van der Waals surface area (Å²) in [6.07, 6.45) is 5.63. The van der Waals surface area contributed by atoms with Gasteiger partial charge < -0.3 is 15.5 Å². The molecule has 21 heavy (non-hydrogen) atoms. The van der Waals surface area contributed by atoms with Crippen LogP contribution in [0.2, 0.25) is 0 Å². The Kier molecular flexibility index (Phi) is 4.29. The second-order valence-corrected chi connectivity index (χ2v) is 6.76. The fraction of sp³-hybridized carbons (Fsp3) is 0.533. The lowest BCUT2D eigenvalue weighted by Gasteiger charge is -2.40. The molecular weight excluding hydrogens is 307 g/mol. The van der Waals surface area contributed by atoms with Gasteiger partial charge in [0.15, 0.2) is 0 Å². The Hall–Kier alpha value is -0.970. The Labute approximate surface area is 135 Å². The fourth-order valence-electron chi connectivity index (χ4n) is 2.78. The number of allylic oxidation sites excluding steroid dienone is 2. The molecule has 114 valence electrons. The van der Waals surface area contributed by atoms with Crippen LogP contribution in [0.4, 0.5) is 0 Å². The van der Waals surface area contributed by atoms with E-state index in [4.69, 9.17) is 23.2 Å². The van der Waals surface area contributed by atoms with Crippen molar-refractivity contribution < 1.29 is 0 Å². The van der Waals surface area contributed by atoms with E-state index < -0.39 is 0 Å². The zero-order valence-electron chi connectivity index (χ0n) is 12.2. The van der Waals surface area contributed by atoms with Crippen molar-refractivity contribution in [3.05, 3.63) is 34.2 Å². The number of aliphatic imine (C=N–C) groups is 1. The van der Waals surface area contributed by atoms with Crippen LogP contribution in [-0.4, -0.2) is 42.3 Å². The average molecular weight is 327 g/mol. The number of hydrogen-bond acceptors (Lipinski definition) is 4. The number of piperazine rings is 1. The zero-order chi connectivity index (χ0) is 15.0. The van der Waals surface area contributed by atoms with Gasteiger partial charge in [0.05, 0.1) is 28.0 Å². The van der Waals surface area contributed by atoms with Crippen molar-refractivity contribution in [2.75, 3.05) is 19.6 Å². The molecule has 4 nitrogen and oxygen atoms in total. The Morgan fingerprint density at radius 3 is 2.90 bits per heavy atom. The van der Waals surface area contributed by atoms with Crippen LogP contribution in [0.5, 0.6) is 0 Å². The summed E-state index contributed by atoms with van der Waals surface area (Å²) in [6.45, 7) is 7.45. The molecule has 0 aromatic carbocycles. The lowest BCUT2D eigenvalue weighted by atomic mass is 10.0. The molecule has 2 aliphatic heterocycles. The lowest BCUT2D eigenvalue weighted by Crippen LogP contribution is -2.55. The molecule has 0 bridgehead atoms. The number of nitrogens with one attached hydrogen (secondary N) is 2. The van der Waals surface area contributed by atoms with Gasteiger partial charge >= 0.3 is 0 Å². The predicted octanol–water partition coefficient (Wildman–Crippen LogP) is 2.39. The summed E-state index contributed by atoms with van der Waals surface area (Å²) in [5, 5.41) is 8.19. The van der Waals surface area contributed by atoms with Crippen molar-refractivity contribution >= 4 is 28.9 Å². The monoisotopic (exact) mass is 326 g/mol. The summed E-state index contributed by atoms with van der Waals surface area (Å²) in [5.74, 6) is 1.67. The summed E-state index contributed by atoms with van der Waals surface area (Å²) in [5.41, 5.74) is 0.906. The molecular formula is C15H20Cl2N4. The van der Waals surface area contributed by atoms with Gasteiger partial charge in [0, 0.05) is 25.7 Å². The molecule has 2 unspecified atom stereocenters. The number of hydrogen-bond donors (Lipinski definition) is 2. The minimum Gasteiger partial charge on any atom is -0.359 e. The normalized spacial score (nSPS) is 29.1. The third kappa shape index (κ3) is 3.12. The quantitative estimate of drug-likeness (QED) is 0.818. The van der Waals surface area contributed by atoms with Crippen LogP contribution in [0.3, 0.4) is 0 Å². The van der Waals surface area contributed by atoms with Gasteiger partial charge in [-0.15, -0.1) is 0 Å². The molecule has 0 amide bonds. The smallest absolute Gasteiger partial charge is 0.121 e. The maximum Gasteiger partial charge on any atom is 0.121 e. The van der Waals surface area contributed by atoms with E-state index in [1.54, 1.807) is 0 Å². The van der Waals surface area contributed by atoms with Gasteiger partial charge in [-0.05, 0) is 18.1 Å². The molecule has 0 radical (unpaired) electrons. The predicted molar refractivity (Wildman–Crippen MR) is 88.5 cm³/mol. The van der Waals surface area contributed by atoms with E-state index in [0.29, 0.717) is 22.0 Å². The Balaban J connectivity index is 1.76. The van der Waals surface area contributed by atoms with Crippen LogP contribution >= 0.6 is 23.2 Å². The van der Waals surface area contributed by atoms with Crippen molar-refractivity contribution in [2.45, 2.75) is 25.9 Å². The third-order valence-electron chi connectivity index (χ3n) is 4.12. The van der Waals surface area contributed by atoms with E-state index >= 15 is 0 Å². The first kappa shape index (κ1) is 14.9. The van der Waals surface area contributed by atoms with Gasteiger partial charge in [-0.2, -0.15) is 0 Å². The summed E-state index contributed by atoms with van der Waals surface area (Å²) < 4.78 is 0. The molecule has 2 N–H and O–H groups in total. The molecule has 3 rings (SSSR count). The van der Waals surface area contributed by atoms with Gasteiger partial charge in [-0.3, -0.25) is 4.99 Å². The highest BCUT2D eigenvalue weighted by molar-refractivity contribution is 6.45. The average Bonchev–Trinajstić information content (AvgIpc) is 2.48. The number of nitrogens with zero attached hydrogens (tertiary/aromatic N) is 2. The van der Waals surface area contributed by atoms with Crippen LogP contribution in [0, 0.1) is 5.92 Å². The minimum atomic E-state index is 0.00684. The maximum atomic E-state index is 6.11. The molecule has 2 atom stereocenters. The van der Waals surface area contributed by atoms with Gasteiger partial charge in [-0.25, -0.2) is 0 Å². The third-order valence-corrected chi connectivity index (χ3v) is 4.86. The molecule has 1 saturated heterocycles. The van der Waals surface area contributed by atoms with E-state index in [0.717, 1.165) is 31.2 Å². The molecule has 3 aliphatic rings. The van der Waals surface area contributed by atoms with E-state index in [2.05, 4.69) is 34.4 Å². The van der Waals surface area contributed by atoms with Gasteiger partial charge in [0.1, 0.15) is 5.82 Å². The second kappa shape index (κ2) is 6.03. The highest BCUT2D eigenvalue weighted by atomic mass is 35.5. The number of rotatable bonds is 2. The van der Waals surface area contributed by atoms with Gasteiger partial charge in [0.25, 0.3) is 0 Å². The van der Waals surface area contributed by atoms with Crippen molar-refractivity contribution in [2.24, 2.45) is 10.9 Å². The lowest BCUT2D eigenvalue weighted by molar-refractivity contribution is 0.202. The van der Waals surface area contributed by atoms with Crippen LogP contribution < -0.4 is 10.6 Å². The molecule has 1 fully saturated rings. The fourth-order valence-corrected chi connectivity index (χ4v) is 3.14. The molecule has 0 spiro atoms. The van der Waals surface area contributed by atoms with E-state index in [-0.39, 0.29) is 6.04 Å². The van der Waals surface area contributed by atoms with E-state index in [1.807, 2.05) is 18.4 Å². The van der Waals surface area contributed by atoms with Crippen molar-refractivity contribution in [1.82, 2.24) is 15.5 Å². The SMILES string of the molecule is CC(C)C1CN(C2=CN=C3C=C(Cl)C(Cl)=CC3N2)CCN1. The number of fused-ring (bicyclic) bond motifs is 1. The molecule has 2 heterocycles. The maximum absolute atomic E-state index is 6.11. The summed E-state index contributed by atoms with van der Waals surface area (Å²) in [7, 11) is 0.